The molecule has 92 valence electrons. The summed E-state index contributed by atoms with van der Waals surface area (Å²) in [6, 6.07) is 7.31. The lowest BCUT2D eigenvalue weighted by Crippen LogP contribution is -2.29. The van der Waals surface area contributed by atoms with Crippen LogP contribution in [0.15, 0.2) is 36.4 Å². The fraction of sp³-hybridized carbons (Fsp3) is 0.308. The van der Waals surface area contributed by atoms with E-state index in [0.29, 0.717) is 18.0 Å². The third-order valence-corrected chi connectivity index (χ3v) is 2.09. The van der Waals surface area contributed by atoms with Crippen LogP contribution in [0.25, 0.3) is 0 Å². The number of hydrogen-bond donors (Lipinski definition) is 2. The summed E-state index contributed by atoms with van der Waals surface area (Å²) in [6.45, 7) is 6.55. The fourth-order valence-electron chi connectivity index (χ4n) is 1.33. The molecule has 0 atom stereocenters. The molecule has 0 radical (unpaired) electrons. The smallest absolute Gasteiger partial charge is 0.238 e. The molecule has 0 heterocycles. The summed E-state index contributed by atoms with van der Waals surface area (Å²) in [7, 11) is 1.57. The molecule has 0 saturated heterocycles. The van der Waals surface area contributed by atoms with Crippen LogP contribution in [0, 0.1) is 0 Å². The molecule has 0 aliphatic rings. The summed E-state index contributed by atoms with van der Waals surface area (Å²) in [4.78, 5) is 11.6. The second-order valence-corrected chi connectivity index (χ2v) is 3.81. The van der Waals surface area contributed by atoms with Crippen LogP contribution in [0.5, 0.6) is 5.75 Å². The van der Waals surface area contributed by atoms with Crippen molar-refractivity contribution in [1.29, 1.82) is 0 Å². The van der Waals surface area contributed by atoms with Crippen molar-refractivity contribution in [3.05, 3.63) is 36.4 Å². The third kappa shape index (κ3) is 4.70. The molecule has 0 aliphatic carbocycles. The SMILES string of the molecule is C=C(C)CNCC(=O)Nc1ccccc1OC. The first kappa shape index (κ1) is 13.3. The van der Waals surface area contributed by atoms with Gasteiger partial charge in [-0.1, -0.05) is 24.3 Å². The van der Waals surface area contributed by atoms with Crippen LogP contribution in [-0.4, -0.2) is 26.1 Å². The Balaban J connectivity index is 2.47. The Morgan fingerprint density at radius 3 is 2.71 bits per heavy atom. The second-order valence-electron chi connectivity index (χ2n) is 3.81. The summed E-state index contributed by atoms with van der Waals surface area (Å²) < 4.78 is 5.14. The molecular formula is C13H18N2O2. The Kier molecular flexibility index (Phi) is 5.23. The molecule has 0 spiro atoms. The van der Waals surface area contributed by atoms with E-state index in [1.165, 1.54) is 0 Å². The zero-order chi connectivity index (χ0) is 12.7. The van der Waals surface area contributed by atoms with Crippen LogP contribution in [-0.2, 0) is 4.79 Å². The van der Waals surface area contributed by atoms with Gasteiger partial charge in [-0.2, -0.15) is 0 Å². The molecule has 0 saturated carbocycles. The molecular weight excluding hydrogens is 216 g/mol. The van der Waals surface area contributed by atoms with Crippen molar-refractivity contribution < 1.29 is 9.53 Å². The minimum absolute atomic E-state index is 0.101. The van der Waals surface area contributed by atoms with Gasteiger partial charge in [0.25, 0.3) is 0 Å². The molecule has 4 nitrogen and oxygen atoms in total. The summed E-state index contributed by atoms with van der Waals surface area (Å²) in [5, 5.41) is 5.77. The van der Waals surface area contributed by atoms with E-state index in [9.17, 15) is 4.79 Å². The number of rotatable bonds is 6. The van der Waals surface area contributed by atoms with Gasteiger partial charge >= 0.3 is 0 Å². The van der Waals surface area contributed by atoms with Gasteiger partial charge in [-0.15, -0.1) is 0 Å². The standard InChI is InChI=1S/C13H18N2O2/c1-10(2)8-14-9-13(16)15-11-6-4-5-7-12(11)17-3/h4-7,14H,1,8-9H2,2-3H3,(H,15,16). The van der Waals surface area contributed by atoms with Crippen LogP contribution in [0.2, 0.25) is 0 Å². The Morgan fingerprint density at radius 2 is 2.06 bits per heavy atom. The van der Waals surface area contributed by atoms with Crippen molar-refractivity contribution in [3.8, 4) is 5.75 Å². The van der Waals surface area contributed by atoms with Crippen LogP contribution >= 0.6 is 0 Å². The van der Waals surface area contributed by atoms with Crippen molar-refractivity contribution in [2.24, 2.45) is 0 Å². The number of methoxy groups -OCH3 is 1. The molecule has 0 fully saturated rings. The summed E-state index contributed by atoms with van der Waals surface area (Å²) in [6.07, 6.45) is 0. The number of carbonyl (C=O) groups excluding carboxylic acids is 1. The average Bonchev–Trinajstić information content (AvgIpc) is 2.29. The zero-order valence-corrected chi connectivity index (χ0v) is 10.2. The molecule has 0 bridgehead atoms. The lowest BCUT2D eigenvalue weighted by molar-refractivity contribution is -0.115. The highest BCUT2D eigenvalue weighted by Crippen LogP contribution is 2.22. The molecule has 0 aromatic heterocycles. The van der Waals surface area contributed by atoms with E-state index in [-0.39, 0.29) is 12.5 Å². The van der Waals surface area contributed by atoms with Crippen molar-refractivity contribution in [1.82, 2.24) is 5.32 Å². The highest BCUT2D eigenvalue weighted by atomic mass is 16.5. The molecule has 1 rings (SSSR count). The highest BCUT2D eigenvalue weighted by Gasteiger charge is 2.05. The molecule has 1 amide bonds. The minimum Gasteiger partial charge on any atom is -0.495 e. The number of amides is 1. The molecule has 4 heteroatoms. The van der Waals surface area contributed by atoms with Gasteiger partial charge in [0, 0.05) is 6.54 Å². The minimum atomic E-state index is -0.101. The fourth-order valence-corrected chi connectivity index (χ4v) is 1.33. The van der Waals surface area contributed by atoms with E-state index < -0.39 is 0 Å². The molecule has 1 aromatic carbocycles. The Hall–Kier alpha value is -1.81. The Bertz CT molecular complexity index is 402. The predicted molar refractivity (Wildman–Crippen MR) is 69.3 cm³/mol. The number of nitrogens with one attached hydrogen (secondary N) is 2. The summed E-state index contributed by atoms with van der Waals surface area (Å²) >= 11 is 0. The first-order chi connectivity index (χ1) is 8.13. The number of carbonyl (C=O) groups is 1. The van der Waals surface area contributed by atoms with Gasteiger partial charge in [0.1, 0.15) is 5.75 Å². The number of para-hydroxylation sites is 2. The van der Waals surface area contributed by atoms with E-state index in [1.807, 2.05) is 19.1 Å². The first-order valence-corrected chi connectivity index (χ1v) is 5.41. The number of benzene rings is 1. The number of ether oxygens (including phenoxy) is 1. The van der Waals surface area contributed by atoms with E-state index in [1.54, 1.807) is 19.2 Å². The zero-order valence-electron chi connectivity index (χ0n) is 10.2. The van der Waals surface area contributed by atoms with Gasteiger partial charge in [-0.05, 0) is 19.1 Å². The first-order valence-electron chi connectivity index (χ1n) is 5.41. The van der Waals surface area contributed by atoms with Gasteiger partial charge in [0.15, 0.2) is 0 Å². The third-order valence-electron chi connectivity index (χ3n) is 2.09. The Labute approximate surface area is 102 Å². The highest BCUT2D eigenvalue weighted by molar-refractivity contribution is 5.93. The molecule has 1 aromatic rings. The normalized spacial score (nSPS) is 9.76. The van der Waals surface area contributed by atoms with E-state index >= 15 is 0 Å². The van der Waals surface area contributed by atoms with Gasteiger partial charge in [0.05, 0.1) is 19.3 Å². The maximum atomic E-state index is 11.6. The maximum Gasteiger partial charge on any atom is 0.238 e. The van der Waals surface area contributed by atoms with Gasteiger partial charge in [0.2, 0.25) is 5.91 Å². The summed E-state index contributed by atoms with van der Waals surface area (Å²) in [5.74, 6) is 0.552. The maximum absolute atomic E-state index is 11.6. The van der Waals surface area contributed by atoms with Crippen molar-refractivity contribution in [2.45, 2.75) is 6.92 Å². The number of anilines is 1. The monoisotopic (exact) mass is 234 g/mol. The van der Waals surface area contributed by atoms with E-state index in [0.717, 1.165) is 5.57 Å². The number of hydrogen-bond acceptors (Lipinski definition) is 3. The van der Waals surface area contributed by atoms with Crippen molar-refractivity contribution in [2.75, 3.05) is 25.5 Å². The largest absolute Gasteiger partial charge is 0.495 e. The van der Waals surface area contributed by atoms with E-state index in [4.69, 9.17) is 4.74 Å². The quantitative estimate of drug-likeness (QED) is 0.738. The van der Waals surface area contributed by atoms with Gasteiger partial charge in [-0.3, -0.25) is 4.79 Å². The summed E-state index contributed by atoms with van der Waals surface area (Å²) in [5.41, 5.74) is 1.67. The van der Waals surface area contributed by atoms with Gasteiger partial charge in [-0.25, -0.2) is 0 Å². The molecule has 17 heavy (non-hydrogen) atoms. The Morgan fingerprint density at radius 1 is 1.35 bits per heavy atom. The van der Waals surface area contributed by atoms with E-state index in [2.05, 4.69) is 17.2 Å². The van der Waals surface area contributed by atoms with Crippen molar-refractivity contribution >= 4 is 11.6 Å². The molecule has 0 unspecified atom stereocenters. The average molecular weight is 234 g/mol. The van der Waals surface area contributed by atoms with Crippen molar-refractivity contribution in [3.63, 3.8) is 0 Å². The van der Waals surface area contributed by atoms with Crippen LogP contribution in [0.3, 0.4) is 0 Å². The molecule has 2 N–H and O–H groups in total. The van der Waals surface area contributed by atoms with Crippen LogP contribution < -0.4 is 15.4 Å². The molecule has 0 aliphatic heterocycles. The lowest BCUT2D eigenvalue weighted by Gasteiger charge is -2.10. The van der Waals surface area contributed by atoms with Gasteiger partial charge < -0.3 is 15.4 Å². The topological polar surface area (TPSA) is 50.4 Å². The van der Waals surface area contributed by atoms with Crippen LogP contribution in [0.4, 0.5) is 5.69 Å². The predicted octanol–water partition coefficient (Wildman–Crippen LogP) is 1.80. The second kappa shape index (κ2) is 6.70. The van der Waals surface area contributed by atoms with Crippen LogP contribution in [0.1, 0.15) is 6.92 Å². The lowest BCUT2D eigenvalue weighted by atomic mass is 10.3.